The summed E-state index contributed by atoms with van der Waals surface area (Å²) in [6.07, 6.45) is 2.34. The minimum atomic E-state index is -0.114. The van der Waals surface area contributed by atoms with Gasteiger partial charge in [0.2, 0.25) is 5.91 Å². The summed E-state index contributed by atoms with van der Waals surface area (Å²) in [7, 11) is 0. The minimum Gasteiger partial charge on any atom is -0.466 e. The highest BCUT2D eigenvalue weighted by Gasteiger charge is 2.52. The number of piperidine rings is 1. The molecule has 0 aromatic carbocycles. The number of nitrogens with zero attached hydrogens (tertiary/aromatic N) is 1. The smallest absolute Gasteiger partial charge is 0.309 e. The molecule has 2 atom stereocenters. The van der Waals surface area contributed by atoms with Crippen molar-refractivity contribution in [3.05, 3.63) is 0 Å². The van der Waals surface area contributed by atoms with Gasteiger partial charge in [0.25, 0.3) is 0 Å². The minimum absolute atomic E-state index is 0.00379. The van der Waals surface area contributed by atoms with Gasteiger partial charge in [0, 0.05) is 19.0 Å². The van der Waals surface area contributed by atoms with Gasteiger partial charge in [0.15, 0.2) is 0 Å². The number of hydrogen-bond donors (Lipinski definition) is 1. The van der Waals surface area contributed by atoms with Crippen LogP contribution in [0.3, 0.4) is 0 Å². The first-order chi connectivity index (χ1) is 9.91. The van der Waals surface area contributed by atoms with Gasteiger partial charge in [-0.1, -0.05) is 13.8 Å². The molecule has 1 saturated carbocycles. The molecule has 0 spiro atoms. The maximum absolute atomic E-state index is 12.6. The molecular formula is C16H28N2O3. The second-order valence-corrected chi connectivity index (χ2v) is 6.89. The summed E-state index contributed by atoms with van der Waals surface area (Å²) in [5, 5.41) is 0. The fraction of sp³-hybridized carbons (Fsp3) is 0.875. The molecular weight excluding hydrogens is 268 g/mol. The molecule has 1 aliphatic heterocycles. The second-order valence-electron chi connectivity index (χ2n) is 6.89. The van der Waals surface area contributed by atoms with Crippen LogP contribution in [0.4, 0.5) is 0 Å². The zero-order chi connectivity index (χ0) is 15.6. The number of rotatable bonds is 4. The Bertz CT molecular complexity index is 400. The summed E-state index contributed by atoms with van der Waals surface area (Å²) < 4.78 is 5.06. The highest BCUT2D eigenvalue weighted by molar-refractivity contribution is 5.81. The Balaban J connectivity index is 1.86. The Labute approximate surface area is 127 Å². The Morgan fingerprint density at radius 3 is 2.38 bits per heavy atom. The lowest BCUT2D eigenvalue weighted by atomic mass is 9.54. The molecule has 2 fully saturated rings. The average molecular weight is 296 g/mol. The fourth-order valence-corrected chi connectivity index (χ4v) is 3.65. The van der Waals surface area contributed by atoms with Gasteiger partial charge in [0.1, 0.15) is 0 Å². The summed E-state index contributed by atoms with van der Waals surface area (Å²) in [6.45, 7) is 8.52. The SMILES string of the molecule is CCOC(=O)C1CCN(C(=O)[C@@H]2C[C@H](CN)C2(C)C)CC1. The van der Waals surface area contributed by atoms with Gasteiger partial charge in [0.05, 0.1) is 12.5 Å². The van der Waals surface area contributed by atoms with Crippen LogP contribution in [0.25, 0.3) is 0 Å². The van der Waals surface area contributed by atoms with E-state index < -0.39 is 0 Å². The lowest BCUT2D eigenvalue weighted by Gasteiger charge is -2.52. The third-order valence-electron chi connectivity index (χ3n) is 5.48. The first-order valence-electron chi connectivity index (χ1n) is 8.07. The number of carbonyl (C=O) groups is 2. The van der Waals surface area contributed by atoms with Gasteiger partial charge in [-0.2, -0.15) is 0 Å². The molecule has 1 saturated heterocycles. The van der Waals surface area contributed by atoms with E-state index in [0.717, 1.165) is 19.3 Å². The molecule has 0 aromatic rings. The molecule has 2 N–H and O–H groups in total. The molecule has 2 rings (SSSR count). The van der Waals surface area contributed by atoms with Gasteiger partial charge in [-0.05, 0) is 44.1 Å². The summed E-state index contributed by atoms with van der Waals surface area (Å²) in [5.41, 5.74) is 5.76. The lowest BCUT2D eigenvalue weighted by molar-refractivity contribution is -0.157. The molecule has 0 aromatic heterocycles. The van der Waals surface area contributed by atoms with Crippen LogP contribution in [-0.4, -0.2) is 43.0 Å². The predicted molar refractivity (Wildman–Crippen MR) is 80.4 cm³/mol. The van der Waals surface area contributed by atoms with Crippen LogP contribution in [-0.2, 0) is 14.3 Å². The van der Waals surface area contributed by atoms with E-state index in [-0.39, 0.29) is 29.1 Å². The number of esters is 1. The Morgan fingerprint density at radius 2 is 1.90 bits per heavy atom. The molecule has 5 heteroatoms. The summed E-state index contributed by atoms with van der Waals surface area (Å²) in [4.78, 5) is 26.3. The first kappa shape index (κ1) is 16.3. The number of ether oxygens (including phenoxy) is 1. The second kappa shape index (κ2) is 6.34. The summed E-state index contributed by atoms with van der Waals surface area (Å²) in [5.74, 6) is 0.623. The van der Waals surface area contributed by atoms with Crippen LogP contribution in [0.2, 0.25) is 0 Å². The van der Waals surface area contributed by atoms with Gasteiger partial charge in [-0.3, -0.25) is 9.59 Å². The van der Waals surface area contributed by atoms with Crippen LogP contribution >= 0.6 is 0 Å². The van der Waals surface area contributed by atoms with Crippen LogP contribution in [0.15, 0.2) is 0 Å². The zero-order valence-electron chi connectivity index (χ0n) is 13.4. The zero-order valence-corrected chi connectivity index (χ0v) is 13.4. The average Bonchev–Trinajstić information content (AvgIpc) is 2.47. The van der Waals surface area contributed by atoms with Crippen LogP contribution in [0, 0.1) is 23.2 Å². The number of likely N-dealkylation sites (tertiary alicyclic amines) is 1. The molecule has 1 heterocycles. The molecule has 120 valence electrons. The highest BCUT2D eigenvalue weighted by Crippen LogP contribution is 2.51. The largest absolute Gasteiger partial charge is 0.466 e. The van der Waals surface area contributed by atoms with E-state index >= 15 is 0 Å². The van der Waals surface area contributed by atoms with E-state index in [1.54, 1.807) is 0 Å². The topological polar surface area (TPSA) is 72.6 Å². The van der Waals surface area contributed by atoms with Crippen molar-refractivity contribution in [2.75, 3.05) is 26.2 Å². The molecule has 0 radical (unpaired) electrons. The number of nitrogens with two attached hydrogens (primary N) is 1. The molecule has 21 heavy (non-hydrogen) atoms. The van der Waals surface area contributed by atoms with Gasteiger partial charge in [-0.25, -0.2) is 0 Å². The summed E-state index contributed by atoms with van der Waals surface area (Å²) >= 11 is 0. The molecule has 1 aliphatic carbocycles. The maximum atomic E-state index is 12.6. The normalized spacial score (nSPS) is 28.9. The first-order valence-corrected chi connectivity index (χ1v) is 8.07. The van der Waals surface area contributed by atoms with Crippen molar-refractivity contribution in [3.8, 4) is 0 Å². The van der Waals surface area contributed by atoms with E-state index in [9.17, 15) is 9.59 Å². The molecule has 5 nitrogen and oxygen atoms in total. The Hall–Kier alpha value is -1.10. The molecule has 0 bridgehead atoms. The van der Waals surface area contributed by atoms with E-state index in [4.69, 9.17) is 10.5 Å². The quantitative estimate of drug-likeness (QED) is 0.796. The monoisotopic (exact) mass is 296 g/mol. The van der Waals surface area contributed by atoms with Crippen molar-refractivity contribution < 1.29 is 14.3 Å². The van der Waals surface area contributed by atoms with E-state index in [0.29, 0.717) is 32.2 Å². The van der Waals surface area contributed by atoms with E-state index in [1.165, 1.54) is 0 Å². The summed E-state index contributed by atoms with van der Waals surface area (Å²) in [6, 6.07) is 0. The standard InChI is InChI=1S/C16H28N2O3/c1-4-21-15(20)11-5-7-18(8-6-11)14(19)13-9-12(10-17)16(13,2)3/h11-13H,4-10,17H2,1-3H3/t12-,13+/m1/s1. The van der Waals surface area contributed by atoms with Crippen molar-refractivity contribution in [2.24, 2.45) is 28.9 Å². The van der Waals surface area contributed by atoms with Crippen molar-refractivity contribution >= 4 is 11.9 Å². The van der Waals surface area contributed by atoms with Crippen LogP contribution < -0.4 is 5.73 Å². The Morgan fingerprint density at radius 1 is 1.29 bits per heavy atom. The van der Waals surface area contributed by atoms with Crippen molar-refractivity contribution in [1.82, 2.24) is 4.90 Å². The van der Waals surface area contributed by atoms with E-state index in [1.807, 2.05) is 11.8 Å². The number of hydrogen-bond acceptors (Lipinski definition) is 4. The lowest BCUT2D eigenvalue weighted by Crippen LogP contribution is -2.56. The fourth-order valence-electron chi connectivity index (χ4n) is 3.65. The maximum Gasteiger partial charge on any atom is 0.309 e. The Kier molecular flexibility index (Phi) is 4.91. The van der Waals surface area contributed by atoms with Gasteiger partial charge < -0.3 is 15.4 Å². The number of amides is 1. The molecule has 0 unspecified atom stereocenters. The number of carbonyl (C=O) groups excluding carboxylic acids is 2. The van der Waals surface area contributed by atoms with Crippen LogP contribution in [0.5, 0.6) is 0 Å². The predicted octanol–water partition coefficient (Wildman–Crippen LogP) is 1.41. The van der Waals surface area contributed by atoms with Crippen LogP contribution in [0.1, 0.15) is 40.0 Å². The third-order valence-corrected chi connectivity index (χ3v) is 5.48. The highest BCUT2D eigenvalue weighted by atomic mass is 16.5. The molecule has 1 amide bonds. The van der Waals surface area contributed by atoms with Gasteiger partial charge >= 0.3 is 5.97 Å². The van der Waals surface area contributed by atoms with Crippen molar-refractivity contribution in [3.63, 3.8) is 0 Å². The van der Waals surface area contributed by atoms with E-state index in [2.05, 4.69) is 13.8 Å². The third kappa shape index (κ3) is 3.07. The van der Waals surface area contributed by atoms with Crippen molar-refractivity contribution in [2.45, 2.75) is 40.0 Å². The molecule has 2 aliphatic rings. The van der Waals surface area contributed by atoms with Gasteiger partial charge in [-0.15, -0.1) is 0 Å². The van der Waals surface area contributed by atoms with Crippen molar-refractivity contribution in [1.29, 1.82) is 0 Å².